The summed E-state index contributed by atoms with van der Waals surface area (Å²) in [7, 11) is 0. The number of ether oxygens (including phenoxy) is 1. The lowest BCUT2D eigenvalue weighted by atomic mass is 10.1. The smallest absolute Gasteiger partial charge is 0.326 e. The number of carbonyl (C=O) groups is 2. The third-order valence-corrected chi connectivity index (χ3v) is 2.68. The SMILES string of the molecule is CCCC[C@H](NC(=O)C1CNCCO1)C(=O)O. The van der Waals surface area contributed by atoms with Crippen molar-refractivity contribution in [1.29, 1.82) is 0 Å². The van der Waals surface area contributed by atoms with Crippen molar-refractivity contribution >= 4 is 11.9 Å². The predicted octanol–water partition coefficient (Wildman–Crippen LogP) is -0.266. The first-order valence-electron chi connectivity index (χ1n) is 6.00. The molecule has 1 heterocycles. The lowest BCUT2D eigenvalue weighted by Gasteiger charge is -2.24. The molecule has 0 aliphatic carbocycles. The number of unbranched alkanes of at least 4 members (excludes halogenated alkanes) is 1. The van der Waals surface area contributed by atoms with Crippen LogP contribution < -0.4 is 10.6 Å². The zero-order chi connectivity index (χ0) is 12.7. The number of morpholine rings is 1. The monoisotopic (exact) mass is 244 g/mol. The summed E-state index contributed by atoms with van der Waals surface area (Å²) in [6, 6.07) is -0.812. The highest BCUT2D eigenvalue weighted by Gasteiger charge is 2.26. The van der Waals surface area contributed by atoms with Gasteiger partial charge in [0.15, 0.2) is 0 Å². The van der Waals surface area contributed by atoms with E-state index in [-0.39, 0.29) is 5.91 Å². The van der Waals surface area contributed by atoms with E-state index in [4.69, 9.17) is 9.84 Å². The van der Waals surface area contributed by atoms with Gasteiger partial charge in [-0.15, -0.1) is 0 Å². The Kier molecular flexibility index (Phi) is 5.93. The van der Waals surface area contributed by atoms with Gasteiger partial charge in [-0.2, -0.15) is 0 Å². The van der Waals surface area contributed by atoms with E-state index < -0.39 is 18.1 Å². The van der Waals surface area contributed by atoms with Gasteiger partial charge < -0.3 is 20.5 Å². The average molecular weight is 244 g/mol. The normalized spacial score (nSPS) is 21.8. The molecule has 2 atom stereocenters. The first-order chi connectivity index (χ1) is 8.15. The van der Waals surface area contributed by atoms with Gasteiger partial charge in [-0.3, -0.25) is 4.79 Å². The van der Waals surface area contributed by atoms with Crippen LogP contribution in [-0.4, -0.2) is 48.8 Å². The number of carboxylic acids is 1. The second kappa shape index (κ2) is 7.24. The van der Waals surface area contributed by atoms with Gasteiger partial charge in [0.1, 0.15) is 12.1 Å². The van der Waals surface area contributed by atoms with Crippen molar-refractivity contribution in [2.45, 2.75) is 38.3 Å². The first kappa shape index (κ1) is 13.9. The largest absolute Gasteiger partial charge is 0.480 e. The van der Waals surface area contributed by atoms with E-state index in [0.717, 1.165) is 19.4 Å². The third-order valence-electron chi connectivity index (χ3n) is 2.68. The number of hydrogen-bond donors (Lipinski definition) is 3. The molecule has 98 valence electrons. The van der Waals surface area contributed by atoms with Crippen LogP contribution >= 0.6 is 0 Å². The molecule has 0 saturated carbocycles. The van der Waals surface area contributed by atoms with Gasteiger partial charge in [0.25, 0.3) is 5.91 Å². The highest BCUT2D eigenvalue weighted by atomic mass is 16.5. The van der Waals surface area contributed by atoms with Crippen molar-refractivity contribution in [2.75, 3.05) is 19.7 Å². The zero-order valence-corrected chi connectivity index (χ0v) is 10.1. The lowest BCUT2D eigenvalue weighted by molar-refractivity contribution is -0.145. The zero-order valence-electron chi connectivity index (χ0n) is 10.1. The fraction of sp³-hybridized carbons (Fsp3) is 0.818. The van der Waals surface area contributed by atoms with Crippen molar-refractivity contribution in [2.24, 2.45) is 0 Å². The minimum atomic E-state index is -0.990. The molecule has 1 fully saturated rings. The van der Waals surface area contributed by atoms with Gasteiger partial charge in [0.2, 0.25) is 0 Å². The van der Waals surface area contributed by atoms with E-state index in [1.165, 1.54) is 0 Å². The molecular weight excluding hydrogens is 224 g/mol. The Morgan fingerprint density at radius 2 is 2.35 bits per heavy atom. The maximum absolute atomic E-state index is 11.7. The summed E-state index contributed by atoms with van der Waals surface area (Å²) in [4.78, 5) is 22.7. The van der Waals surface area contributed by atoms with Crippen LogP contribution in [0.15, 0.2) is 0 Å². The Morgan fingerprint density at radius 1 is 1.59 bits per heavy atom. The second-order valence-corrected chi connectivity index (χ2v) is 4.11. The van der Waals surface area contributed by atoms with Crippen molar-refractivity contribution in [3.8, 4) is 0 Å². The number of carbonyl (C=O) groups excluding carboxylic acids is 1. The highest BCUT2D eigenvalue weighted by molar-refractivity contribution is 5.86. The molecule has 1 amide bonds. The maximum Gasteiger partial charge on any atom is 0.326 e. The van der Waals surface area contributed by atoms with E-state index in [9.17, 15) is 9.59 Å². The minimum Gasteiger partial charge on any atom is -0.480 e. The van der Waals surface area contributed by atoms with Crippen molar-refractivity contribution in [3.05, 3.63) is 0 Å². The highest BCUT2D eigenvalue weighted by Crippen LogP contribution is 2.03. The van der Waals surface area contributed by atoms with Gasteiger partial charge >= 0.3 is 5.97 Å². The molecule has 1 aliphatic rings. The van der Waals surface area contributed by atoms with Crippen molar-refractivity contribution in [3.63, 3.8) is 0 Å². The van der Waals surface area contributed by atoms with Crippen LogP contribution in [0.2, 0.25) is 0 Å². The fourth-order valence-corrected chi connectivity index (χ4v) is 1.66. The van der Waals surface area contributed by atoms with Gasteiger partial charge in [-0.25, -0.2) is 4.79 Å². The molecule has 0 spiro atoms. The Labute approximate surface area is 101 Å². The Morgan fingerprint density at radius 3 is 2.88 bits per heavy atom. The summed E-state index contributed by atoms with van der Waals surface area (Å²) < 4.78 is 5.26. The Hall–Kier alpha value is -1.14. The van der Waals surface area contributed by atoms with Crippen LogP contribution in [0.3, 0.4) is 0 Å². The predicted molar refractivity (Wildman–Crippen MR) is 61.7 cm³/mol. The lowest BCUT2D eigenvalue weighted by Crippen LogP contribution is -2.52. The minimum absolute atomic E-state index is 0.347. The fourth-order valence-electron chi connectivity index (χ4n) is 1.66. The molecule has 3 N–H and O–H groups in total. The quantitative estimate of drug-likeness (QED) is 0.599. The van der Waals surface area contributed by atoms with Crippen LogP contribution in [0.4, 0.5) is 0 Å². The Balaban J connectivity index is 2.42. The number of rotatable bonds is 6. The molecule has 0 bridgehead atoms. The number of nitrogens with one attached hydrogen (secondary N) is 2. The maximum atomic E-state index is 11.7. The van der Waals surface area contributed by atoms with Gasteiger partial charge in [-0.1, -0.05) is 19.8 Å². The summed E-state index contributed by atoms with van der Waals surface area (Å²) in [6.07, 6.45) is 1.56. The first-order valence-corrected chi connectivity index (χ1v) is 6.00. The van der Waals surface area contributed by atoms with Crippen LogP contribution in [-0.2, 0) is 14.3 Å². The molecule has 1 rings (SSSR count). The van der Waals surface area contributed by atoms with E-state index in [1.807, 2.05) is 6.92 Å². The molecule has 0 aromatic rings. The molecule has 6 heteroatoms. The number of aliphatic carboxylic acids is 1. The summed E-state index contributed by atoms with van der Waals surface area (Å²) >= 11 is 0. The van der Waals surface area contributed by atoms with E-state index in [2.05, 4.69) is 10.6 Å². The van der Waals surface area contributed by atoms with E-state index in [0.29, 0.717) is 19.6 Å². The van der Waals surface area contributed by atoms with Crippen LogP contribution in [0.5, 0.6) is 0 Å². The summed E-state index contributed by atoms with van der Waals surface area (Å²) in [5.74, 6) is -1.34. The second-order valence-electron chi connectivity index (χ2n) is 4.11. The average Bonchev–Trinajstić information content (AvgIpc) is 2.35. The molecule has 0 radical (unpaired) electrons. The van der Waals surface area contributed by atoms with Gasteiger partial charge in [0.05, 0.1) is 6.61 Å². The van der Waals surface area contributed by atoms with Crippen LogP contribution in [0, 0.1) is 0 Å². The number of carboxylic acid groups (broad SMARTS) is 1. The topological polar surface area (TPSA) is 87.7 Å². The number of hydrogen-bond acceptors (Lipinski definition) is 4. The molecule has 6 nitrogen and oxygen atoms in total. The summed E-state index contributed by atoms with van der Waals surface area (Å²) in [5, 5.41) is 14.5. The van der Waals surface area contributed by atoms with Gasteiger partial charge in [0, 0.05) is 13.1 Å². The molecule has 17 heavy (non-hydrogen) atoms. The molecular formula is C11H20N2O4. The molecule has 0 aromatic heterocycles. The molecule has 1 aliphatic heterocycles. The Bertz CT molecular complexity index is 264. The van der Waals surface area contributed by atoms with Crippen molar-refractivity contribution in [1.82, 2.24) is 10.6 Å². The van der Waals surface area contributed by atoms with Crippen LogP contribution in [0.1, 0.15) is 26.2 Å². The van der Waals surface area contributed by atoms with Crippen LogP contribution in [0.25, 0.3) is 0 Å². The third kappa shape index (κ3) is 4.70. The molecule has 1 saturated heterocycles. The molecule has 0 aromatic carbocycles. The van der Waals surface area contributed by atoms with Crippen molar-refractivity contribution < 1.29 is 19.4 Å². The van der Waals surface area contributed by atoms with Gasteiger partial charge in [-0.05, 0) is 6.42 Å². The standard InChI is InChI=1S/C11H20N2O4/c1-2-3-4-8(11(15)16)13-10(14)9-7-12-5-6-17-9/h8-9,12H,2-7H2,1H3,(H,13,14)(H,15,16)/t8-,9?/m0/s1. The van der Waals surface area contributed by atoms with E-state index in [1.54, 1.807) is 0 Å². The molecule has 1 unspecified atom stereocenters. The number of amides is 1. The summed E-state index contributed by atoms with van der Waals surface area (Å²) in [5.41, 5.74) is 0. The van der Waals surface area contributed by atoms with E-state index >= 15 is 0 Å². The summed E-state index contributed by atoms with van der Waals surface area (Å²) in [6.45, 7) is 3.62.